The molecule has 2 rings (SSSR count). The maximum atomic E-state index is 11.4. The molecule has 5 heteroatoms. The van der Waals surface area contributed by atoms with Gasteiger partial charge in [-0.15, -0.1) is 0 Å². The number of aromatic amines is 1. The minimum absolute atomic E-state index is 0.0144. The van der Waals surface area contributed by atoms with Crippen molar-refractivity contribution < 1.29 is 15.0 Å². The van der Waals surface area contributed by atoms with Gasteiger partial charge in [-0.25, -0.2) is 4.79 Å². The SMILES string of the molecule is Cc1ccc2c(C(C)CCO)c(C(=O)O)[nH]c2c1Br. The van der Waals surface area contributed by atoms with Crippen LogP contribution >= 0.6 is 15.9 Å². The maximum absolute atomic E-state index is 11.4. The van der Waals surface area contributed by atoms with Gasteiger partial charge < -0.3 is 15.2 Å². The molecule has 2 aromatic rings. The highest BCUT2D eigenvalue weighted by Gasteiger charge is 2.22. The molecule has 0 fully saturated rings. The van der Waals surface area contributed by atoms with E-state index in [1.54, 1.807) is 0 Å². The van der Waals surface area contributed by atoms with Crippen LogP contribution in [0.4, 0.5) is 0 Å². The number of benzene rings is 1. The number of fused-ring (bicyclic) bond motifs is 1. The number of halogens is 1. The zero-order valence-corrected chi connectivity index (χ0v) is 12.4. The molecule has 1 aromatic carbocycles. The van der Waals surface area contributed by atoms with Crippen LogP contribution in [0.25, 0.3) is 10.9 Å². The first-order chi connectivity index (χ1) is 8.97. The fourth-order valence-corrected chi connectivity index (χ4v) is 2.82. The quantitative estimate of drug-likeness (QED) is 0.806. The first kappa shape index (κ1) is 14.1. The molecule has 0 aliphatic heterocycles. The van der Waals surface area contributed by atoms with Crippen LogP contribution in [0.1, 0.15) is 40.9 Å². The van der Waals surface area contributed by atoms with Crippen molar-refractivity contribution in [1.82, 2.24) is 4.98 Å². The van der Waals surface area contributed by atoms with Crippen LogP contribution in [0.5, 0.6) is 0 Å². The zero-order chi connectivity index (χ0) is 14.2. The van der Waals surface area contributed by atoms with Crippen molar-refractivity contribution in [2.75, 3.05) is 6.61 Å². The predicted molar refractivity (Wildman–Crippen MR) is 77.8 cm³/mol. The summed E-state index contributed by atoms with van der Waals surface area (Å²) in [6.45, 7) is 3.93. The average molecular weight is 326 g/mol. The Morgan fingerprint density at radius 1 is 1.47 bits per heavy atom. The van der Waals surface area contributed by atoms with E-state index in [0.29, 0.717) is 6.42 Å². The fourth-order valence-electron chi connectivity index (χ4n) is 2.37. The summed E-state index contributed by atoms with van der Waals surface area (Å²) >= 11 is 3.49. The molecular weight excluding hydrogens is 310 g/mol. The molecule has 1 aromatic heterocycles. The molecule has 1 heterocycles. The van der Waals surface area contributed by atoms with Crippen molar-refractivity contribution in [2.24, 2.45) is 0 Å². The van der Waals surface area contributed by atoms with Gasteiger partial charge in [0.25, 0.3) is 0 Å². The summed E-state index contributed by atoms with van der Waals surface area (Å²) in [7, 11) is 0. The summed E-state index contributed by atoms with van der Waals surface area (Å²) in [4.78, 5) is 14.4. The van der Waals surface area contributed by atoms with Crippen LogP contribution < -0.4 is 0 Å². The van der Waals surface area contributed by atoms with Gasteiger partial charge in [-0.2, -0.15) is 0 Å². The smallest absolute Gasteiger partial charge is 0.352 e. The van der Waals surface area contributed by atoms with Crippen molar-refractivity contribution in [3.05, 3.63) is 33.4 Å². The fraction of sp³-hybridized carbons (Fsp3) is 0.357. The van der Waals surface area contributed by atoms with E-state index in [1.807, 2.05) is 26.0 Å². The highest BCUT2D eigenvalue weighted by molar-refractivity contribution is 9.10. The minimum Gasteiger partial charge on any atom is -0.477 e. The van der Waals surface area contributed by atoms with Gasteiger partial charge in [-0.05, 0) is 46.3 Å². The van der Waals surface area contributed by atoms with E-state index in [0.717, 1.165) is 26.5 Å². The maximum Gasteiger partial charge on any atom is 0.352 e. The molecule has 0 spiro atoms. The Balaban J connectivity index is 2.75. The lowest BCUT2D eigenvalue weighted by atomic mass is 9.94. The summed E-state index contributed by atoms with van der Waals surface area (Å²) in [6, 6.07) is 3.89. The molecule has 4 nitrogen and oxygen atoms in total. The van der Waals surface area contributed by atoms with Crippen LogP contribution in [-0.2, 0) is 0 Å². The zero-order valence-electron chi connectivity index (χ0n) is 10.8. The van der Waals surface area contributed by atoms with E-state index in [-0.39, 0.29) is 18.2 Å². The molecule has 3 N–H and O–H groups in total. The lowest BCUT2D eigenvalue weighted by Gasteiger charge is -2.10. The predicted octanol–water partition coefficient (Wildman–Crippen LogP) is 3.42. The highest BCUT2D eigenvalue weighted by atomic mass is 79.9. The molecule has 102 valence electrons. The highest BCUT2D eigenvalue weighted by Crippen LogP contribution is 2.35. The number of hydrogen-bond donors (Lipinski definition) is 3. The van der Waals surface area contributed by atoms with Crippen molar-refractivity contribution >= 4 is 32.8 Å². The Hall–Kier alpha value is -1.33. The van der Waals surface area contributed by atoms with Crippen molar-refractivity contribution in [3.63, 3.8) is 0 Å². The van der Waals surface area contributed by atoms with E-state index < -0.39 is 5.97 Å². The number of carbonyl (C=O) groups is 1. The van der Waals surface area contributed by atoms with Gasteiger partial charge in [-0.1, -0.05) is 19.1 Å². The Kier molecular flexibility index (Phi) is 3.96. The van der Waals surface area contributed by atoms with Gasteiger partial charge in [0, 0.05) is 16.5 Å². The number of H-pyrrole nitrogens is 1. The van der Waals surface area contributed by atoms with Gasteiger partial charge in [-0.3, -0.25) is 0 Å². The van der Waals surface area contributed by atoms with Gasteiger partial charge >= 0.3 is 5.97 Å². The summed E-state index contributed by atoms with van der Waals surface area (Å²) < 4.78 is 0.884. The molecule has 19 heavy (non-hydrogen) atoms. The van der Waals surface area contributed by atoms with Crippen molar-refractivity contribution in [3.8, 4) is 0 Å². The molecule has 1 unspecified atom stereocenters. The van der Waals surface area contributed by atoms with E-state index in [9.17, 15) is 9.90 Å². The van der Waals surface area contributed by atoms with Crippen LogP contribution in [0.2, 0.25) is 0 Å². The Morgan fingerprint density at radius 3 is 2.74 bits per heavy atom. The first-order valence-corrected chi connectivity index (χ1v) is 6.91. The Morgan fingerprint density at radius 2 is 2.16 bits per heavy atom. The number of carboxylic acid groups (broad SMARTS) is 1. The normalized spacial score (nSPS) is 12.8. The molecular formula is C14H16BrNO3. The van der Waals surface area contributed by atoms with Crippen molar-refractivity contribution in [2.45, 2.75) is 26.2 Å². The van der Waals surface area contributed by atoms with E-state index in [2.05, 4.69) is 20.9 Å². The molecule has 0 saturated heterocycles. The first-order valence-electron chi connectivity index (χ1n) is 6.12. The average Bonchev–Trinajstić information content (AvgIpc) is 2.74. The third-order valence-corrected chi connectivity index (χ3v) is 4.44. The molecule has 0 radical (unpaired) electrons. The Bertz CT molecular complexity index is 633. The van der Waals surface area contributed by atoms with E-state index >= 15 is 0 Å². The van der Waals surface area contributed by atoms with Gasteiger partial charge in [0.1, 0.15) is 5.69 Å². The number of hydrogen-bond acceptors (Lipinski definition) is 2. The molecule has 1 atom stereocenters. The summed E-state index contributed by atoms with van der Waals surface area (Å²) in [5.41, 5.74) is 2.82. The summed E-state index contributed by atoms with van der Waals surface area (Å²) in [6.07, 6.45) is 0.540. The van der Waals surface area contributed by atoms with Crippen molar-refractivity contribution in [1.29, 1.82) is 0 Å². The second-order valence-corrected chi connectivity index (χ2v) is 5.54. The number of aliphatic hydroxyl groups is 1. The third-order valence-electron chi connectivity index (χ3n) is 3.41. The van der Waals surface area contributed by atoms with Gasteiger partial charge in [0.15, 0.2) is 0 Å². The lowest BCUT2D eigenvalue weighted by Crippen LogP contribution is -2.05. The molecule has 0 amide bonds. The van der Waals surface area contributed by atoms with Crippen LogP contribution in [0.15, 0.2) is 16.6 Å². The van der Waals surface area contributed by atoms with Crippen LogP contribution in [0.3, 0.4) is 0 Å². The summed E-state index contributed by atoms with van der Waals surface area (Å²) in [5.74, 6) is -0.986. The molecule has 0 saturated carbocycles. The van der Waals surface area contributed by atoms with E-state index in [4.69, 9.17) is 5.11 Å². The number of carboxylic acids is 1. The number of rotatable bonds is 4. The second-order valence-electron chi connectivity index (χ2n) is 4.75. The largest absolute Gasteiger partial charge is 0.477 e. The van der Waals surface area contributed by atoms with Crippen LogP contribution in [-0.4, -0.2) is 27.8 Å². The number of nitrogens with one attached hydrogen (secondary N) is 1. The third kappa shape index (κ3) is 2.40. The Labute approximate surface area is 119 Å². The summed E-state index contributed by atoms with van der Waals surface area (Å²) in [5, 5.41) is 19.3. The standard InChI is InChI=1S/C14H16BrNO3/c1-7(5-6-17)10-9-4-3-8(2)11(15)12(9)16-13(10)14(18)19/h3-4,7,16-17H,5-6H2,1-2H3,(H,18,19). The number of aryl methyl sites for hydroxylation is 1. The number of aromatic carboxylic acids is 1. The second kappa shape index (κ2) is 5.35. The number of aromatic nitrogens is 1. The van der Waals surface area contributed by atoms with Gasteiger partial charge in [0.05, 0.1) is 5.52 Å². The minimum atomic E-state index is -0.972. The van der Waals surface area contributed by atoms with Gasteiger partial charge in [0.2, 0.25) is 0 Å². The molecule has 0 aliphatic rings. The topological polar surface area (TPSA) is 73.3 Å². The van der Waals surface area contributed by atoms with Crippen LogP contribution in [0, 0.1) is 6.92 Å². The van der Waals surface area contributed by atoms with E-state index in [1.165, 1.54) is 0 Å². The monoisotopic (exact) mass is 325 g/mol. The molecule has 0 aliphatic carbocycles. The lowest BCUT2D eigenvalue weighted by molar-refractivity contribution is 0.0689. The molecule has 0 bridgehead atoms. The number of aliphatic hydroxyl groups excluding tert-OH is 1.